The number of hydrogen-bond acceptors (Lipinski definition) is 4. The highest BCUT2D eigenvalue weighted by atomic mass is 35.5. The minimum absolute atomic E-state index is 0.122. The Morgan fingerprint density at radius 2 is 1.62 bits per heavy atom. The first-order chi connectivity index (χ1) is 12.5. The Morgan fingerprint density at radius 1 is 1.04 bits per heavy atom. The molecule has 3 N–H and O–H groups in total. The first-order valence-electron chi connectivity index (χ1n) is 8.05. The number of hydrogen-bond donors (Lipinski definition) is 3. The molecule has 1 atom stereocenters. The van der Waals surface area contributed by atoms with Crippen LogP contribution >= 0.6 is 11.6 Å². The van der Waals surface area contributed by atoms with Gasteiger partial charge in [-0.3, -0.25) is 0 Å². The lowest BCUT2D eigenvalue weighted by molar-refractivity contribution is -0.159. The van der Waals surface area contributed by atoms with Gasteiger partial charge in [0.2, 0.25) is 0 Å². The minimum atomic E-state index is -1.82. The lowest BCUT2D eigenvalue weighted by Gasteiger charge is -2.20. The third-order valence-corrected chi connectivity index (χ3v) is 3.63. The highest BCUT2D eigenvalue weighted by Crippen LogP contribution is 2.30. The molecule has 0 saturated carbocycles. The molecule has 0 aromatic heterocycles. The maximum absolute atomic E-state index is 9.10. The molecule has 26 heavy (non-hydrogen) atoms. The molecule has 0 aliphatic carbocycles. The quantitative estimate of drug-likeness (QED) is 0.505. The summed E-state index contributed by atoms with van der Waals surface area (Å²) in [4.78, 5) is 18.2. The Morgan fingerprint density at radius 3 is 2.15 bits per heavy atom. The van der Waals surface area contributed by atoms with Crippen LogP contribution in [0, 0.1) is 0 Å². The smallest absolute Gasteiger partial charge is 0.414 e. The number of aliphatic carboxylic acids is 2. The monoisotopic (exact) mass is 379 g/mol. The van der Waals surface area contributed by atoms with Crippen LogP contribution in [0.5, 0.6) is 0 Å². The average molecular weight is 380 g/mol. The van der Waals surface area contributed by atoms with Crippen molar-refractivity contribution in [1.82, 2.24) is 5.32 Å². The largest absolute Gasteiger partial charge is 0.473 e. The molecule has 0 aliphatic rings. The first kappa shape index (κ1) is 21.6. The van der Waals surface area contributed by atoms with Crippen LogP contribution in [0.1, 0.15) is 24.2 Å². The number of rotatable bonds is 7. The topological polar surface area (TPSA) is 95.9 Å². The molecule has 0 amide bonds. The summed E-state index contributed by atoms with van der Waals surface area (Å²) in [5.74, 6) is -3.65. The van der Waals surface area contributed by atoms with Crippen molar-refractivity contribution >= 4 is 23.5 Å². The van der Waals surface area contributed by atoms with Crippen molar-refractivity contribution in [2.75, 3.05) is 19.7 Å². The molecule has 0 saturated heterocycles. The fourth-order valence-electron chi connectivity index (χ4n) is 2.11. The van der Waals surface area contributed by atoms with E-state index >= 15 is 0 Å². The zero-order chi connectivity index (χ0) is 19.4. The second kappa shape index (κ2) is 12.0. The van der Waals surface area contributed by atoms with Crippen molar-refractivity contribution in [2.24, 2.45) is 0 Å². The average Bonchev–Trinajstić information content (AvgIpc) is 2.64. The summed E-state index contributed by atoms with van der Waals surface area (Å²) in [5, 5.41) is 18.8. The summed E-state index contributed by atoms with van der Waals surface area (Å²) in [6.45, 7) is 4.52. The van der Waals surface area contributed by atoms with Crippen LogP contribution in [0.3, 0.4) is 0 Å². The van der Waals surface area contributed by atoms with Crippen molar-refractivity contribution < 1.29 is 24.5 Å². The number of ether oxygens (including phenoxy) is 1. The van der Waals surface area contributed by atoms with Gasteiger partial charge in [-0.15, -0.1) is 0 Å². The summed E-state index contributed by atoms with van der Waals surface area (Å²) >= 11 is 6.31. The van der Waals surface area contributed by atoms with Crippen LogP contribution in [-0.2, 0) is 14.3 Å². The van der Waals surface area contributed by atoms with Gasteiger partial charge in [0.1, 0.15) is 6.10 Å². The normalized spacial score (nSPS) is 11.2. The minimum Gasteiger partial charge on any atom is -0.473 e. The van der Waals surface area contributed by atoms with E-state index in [2.05, 4.69) is 24.4 Å². The van der Waals surface area contributed by atoms with Gasteiger partial charge in [-0.05, 0) is 18.2 Å². The zero-order valence-electron chi connectivity index (χ0n) is 14.4. The third kappa shape index (κ3) is 7.65. The number of likely N-dealkylation sites (N-methyl/N-ethyl adjacent to an activating group) is 1. The zero-order valence-corrected chi connectivity index (χ0v) is 15.1. The summed E-state index contributed by atoms with van der Waals surface area (Å²) < 4.78 is 6.05. The van der Waals surface area contributed by atoms with E-state index in [-0.39, 0.29) is 6.10 Å². The Hall–Kier alpha value is -2.41. The SMILES string of the molecule is CCNCCOC(c1ccccc1)c1ccccc1Cl.O=C(O)C(=O)O. The van der Waals surface area contributed by atoms with Crippen LogP contribution in [0.15, 0.2) is 54.6 Å². The summed E-state index contributed by atoms with van der Waals surface area (Å²) in [5.41, 5.74) is 2.13. The van der Waals surface area contributed by atoms with Crippen molar-refractivity contribution in [2.45, 2.75) is 13.0 Å². The lowest BCUT2D eigenvalue weighted by Crippen LogP contribution is -2.20. The second-order valence-electron chi connectivity index (χ2n) is 5.15. The maximum Gasteiger partial charge on any atom is 0.414 e. The summed E-state index contributed by atoms with van der Waals surface area (Å²) in [7, 11) is 0. The fourth-order valence-corrected chi connectivity index (χ4v) is 2.34. The van der Waals surface area contributed by atoms with Crippen LogP contribution in [0.4, 0.5) is 0 Å². The number of benzene rings is 2. The molecule has 0 aliphatic heterocycles. The first-order valence-corrected chi connectivity index (χ1v) is 8.43. The molecule has 140 valence electrons. The van der Waals surface area contributed by atoms with Gasteiger partial charge in [0.15, 0.2) is 0 Å². The van der Waals surface area contributed by atoms with E-state index in [0.29, 0.717) is 6.61 Å². The van der Waals surface area contributed by atoms with Crippen molar-refractivity contribution in [3.05, 3.63) is 70.7 Å². The molecule has 6 nitrogen and oxygen atoms in total. The predicted octanol–water partition coefficient (Wildman–Crippen LogP) is 3.21. The van der Waals surface area contributed by atoms with E-state index in [1.165, 1.54) is 0 Å². The molecule has 1 unspecified atom stereocenters. The lowest BCUT2D eigenvalue weighted by atomic mass is 10.0. The molecule has 0 fully saturated rings. The standard InChI is InChI=1S/C17H20ClNO.C2H2O4/c1-2-19-12-13-20-17(14-8-4-3-5-9-14)15-10-6-7-11-16(15)18;3-1(4)2(5)6/h3-11,17,19H,2,12-13H2,1H3;(H,3,4)(H,5,6). The highest BCUT2D eigenvalue weighted by Gasteiger charge is 2.16. The van der Waals surface area contributed by atoms with Gasteiger partial charge >= 0.3 is 11.9 Å². The molecular formula is C19H22ClNO5. The van der Waals surface area contributed by atoms with Gasteiger partial charge in [-0.2, -0.15) is 0 Å². The third-order valence-electron chi connectivity index (χ3n) is 3.29. The Balaban J connectivity index is 0.000000487. The van der Waals surface area contributed by atoms with Crippen LogP contribution in [-0.4, -0.2) is 41.8 Å². The van der Waals surface area contributed by atoms with E-state index in [0.717, 1.165) is 29.2 Å². The van der Waals surface area contributed by atoms with Crippen LogP contribution in [0.25, 0.3) is 0 Å². The van der Waals surface area contributed by atoms with Crippen molar-refractivity contribution in [3.8, 4) is 0 Å². The Labute approximate surface area is 157 Å². The number of carboxylic acid groups (broad SMARTS) is 2. The predicted molar refractivity (Wildman–Crippen MR) is 99.5 cm³/mol. The Kier molecular flexibility index (Phi) is 10.0. The molecule has 7 heteroatoms. The number of carboxylic acids is 2. The highest BCUT2D eigenvalue weighted by molar-refractivity contribution is 6.31. The van der Waals surface area contributed by atoms with E-state index in [4.69, 9.17) is 36.1 Å². The van der Waals surface area contributed by atoms with E-state index in [1.54, 1.807) is 0 Å². The second-order valence-corrected chi connectivity index (χ2v) is 5.55. The van der Waals surface area contributed by atoms with Crippen LogP contribution in [0.2, 0.25) is 5.02 Å². The van der Waals surface area contributed by atoms with E-state index in [1.807, 2.05) is 42.5 Å². The van der Waals surface area contributed by atoms with Gasteiger partial charge in [-0.1, -0.05) is 67.1 Å². The van der Waals surface area contributed by atoms with Crippen LogP contribution < -0.4 is 5.32 Å². The maximum atomic E-state index is 9.10. The van der Waals surface area contributed by atoms with Gasteiger partial charge < -0.3 is 20.3 Å². The molecule has 2 aromatic rings. The molecule has 0 spiro atoms. The summed E-state index contributed by atoms with van der Waals surface area (Å²) in [6.07, 6.45) is -0.122. The summed E-state index contributed by atoms with van der Waals surface area (Å²) in [6, 6.07) is 18.0. The Bertz CT molecular complexity index is 681. The van der Waals surface area contributed by atoms with E-state index in [9.17, 15) is 0 Å². The van der Waals surface area contributed by atoms with Gasteiger partial charge in [-0.25, -0.2) is 9.59 Å². The van der Waals surface area contributed by atoms with Crippen molar-refractivity contribution in [3.63, 3.8) is 0 Å². The van der Waals surface area contributed by atoms with E-state index < -0.39 is 11.9 Å². The molecule has 2 aromatic carbocycles. The molecule has 0 bridgehead atoms. The fraction of sp³-hybridized carbons (Fsp3) is 0.263. The molecule has 0 heterocycles. The van der Waals surface area contributed by atoms with Gasteiger partial charge in [0.05, 0.1) is 6.61 Å². The molecular weight excluding hydrogens is 358 g/mol. The number of halogens is 1. The molecule has 2 rings (SSSR count). The molecule has 0 radical (unpaired) electrons. The van der Waals surface area contributed by atoms with Gasteiger partial charge in [0, 0.05) is 17.1 Å². The number of nitrogens with one attached hydrogen (secondary N) is 1. The number of carbonyl (C=O) groups is 2. The van der Waals surface area contributed by atoms with Crippen molar-refractivity contribution in [1.29, 1.82) is 0 Å². The van der Waals surface area contributed by atoms with Gasteiger partial charge in [0.25, 0.3) is 0 Å².